The molecule has 0 radical (unpaired) electrons. The third-order valence-corrected chi connectivity index (χ3v) is 2.92. The summed E-state index contributed by atoms with van der Waals surface area (Å²) in [5.41, 5.74) is 6.70. The highest BCUT2D eigenvalue weighted by molar-refractivity contribution is 7.07. The number of nitrogens with zero attached hydrogens (tertiary/aromatic N) is 1. The van der Waals surface area contributed by atoms with Crippen LogP contribution in [0.4, 0.5) is 0 Å². The highest BCUT2D eigenvalue weighted by Crippen LogP contribution is 2.16. The van der Waals surface area contributed by atoms with Gasteiger partial charge in [-0.15, -0.1) is 0 Å². The van der Waals surface area contributed by atoms with Crippen LogP contribution in [-0.4, -0.2) is 17.1 Å². The van der Waals surface area contributed by atoms with E-state index < -0.39 is 0 Å². The molecule has 0 aliphatic rings. The van der Waals surface area contributed by atoms with Gasteiger partial charge in [-0.2, -0.15) is 11.3 Å². The van der Waals surface area contributed by atoms with Gasteiger partial charge >= 0.3 is 0 Å². The van der Waals surface area contributed by atoms with Crippen LogP contribution in [0.1, 0.15) is 31.9 Å². The number of thiophene rings is 1. The van der Waals surface area contributed by atoms with Crippen molar-refractivity contribution in [2.24, 2.45) is 10.9 Å². The molecule has 0 spiro atoms. The van der Waals surface area contributed by atoms with Crippen LogP contribution in [0.5, 0.6) is 0 Å². The smallest absolute Gasteiger partial charge is 0.140 e. The number of oxime groups is 1. The fourth-order valence-corrected chi connectivity index (χ4v) is 2.21. The van der Waals surface area contributed by atoms with Crippen LogP contribution in [0.25, 0.3) is 0 Å². The largest absolute Gasteiger partial charge is 0.409 e. The zero-order valence-corrected chi connectivity index (χ0v) is 9.79. The van der Waals surface area contributed by atoms with Gasteiger partial charge in [0, 0.05) is 18.5 Å². The van der Waals surface area contributed by atoms with E-state index in [1.165, 1.54) is 5.56 Å². The van der Waals surface area contributed by atoms with E-state index in [0.29, 0.717) is 6.42 Å². The molecule has 15 heavy (non-hydrogen) atoms. The summed E-state index contributed by atoms with van der Waals surface area (Å²) in [5, 5.41) is 19.0. The third kappa shape index (κ3) is 3.89. The first-order chi connectivity index (χ1) is 7.13. The fourth-order valence-electron chi connectivity index (χ4n) is 1.46. The van der Waals surface area contributed by atoms with Crippen molar-refractivity contribution >= 4 is 17.2 Å². The van der Waals surface area contributed by atoms with Gasteiger partial charge in [0.25, 0.3) is 0 Å². The minimum absolute atomic E-state index is 0.191. The molecule has 5 heteroatoms. The summed E-state index contributed by atoms with van der Waals surface area (Å²) in [6.45, 7) is 4.12. The number of hydrogen-bond donors (Lipinski definition) is 3. The Bertz CT molecular complexity index is 310. The standard InChI is InChI=1S/C10H17N3OS/c1-7(5-10(11)13-14)12-8(2)9-3-4-15-6-9/h3-4,6-8,12,14H,5H2,1-2H3,(H2,11,13). The Kier molecular flexibility index (Phi) is 4.58. The number of nitrogens with two attached hydrogens (primary N) is 1. The van der Waals surface area contributed by atoms with Crippen molar-refractivity contribution in [2.75, 3.05) is 0 Å². The maximum Gasteiger partial charge on any atom is 0.140 e. The zero-order valence-electron chi connectivity index (χ0n) is 8.97. The molecule has 1 heterocycles. The van der Waals surface area contributed by atoms with E-state index in [-0.39, 0.29) is 17.9 Å². The predicted molar refractivity (Wildman–Crippen MR) is 63.4 cm³/mol. The topological polar surface area (TPSA) is 70.6 Å². The Hall–Kier alpha value is -1.07. The van der Waals surface area contributed by atoms with Crippen molar-refractivity contribution in [1.29, 1.82) is 0 Å². The SMILES string of the molecule is CC(CC(N)=NO)NC(C)c1ccsc1. The summed E-state index contributed by atoms with van der Waals surface area (Å²) in [4.78, 5) is 0. The highest BCUT2D eigenvalue weighted by atomic mass is 32.1. The quantitative estimate of drug-likeness (QED) is 0.311. The molecule has 1 aromatic rings. The normalized spacial score (nSPS) is 16.3. The average Bonchev–Trinajstić information content (AvgIpc) is 2.70. The predicted octanol–water partition coefficient (Wildman–Crippen LogP) is 1.92. The van der Waals surface area contributed by atoms with Crippen LogP contribution >= 0.6 is 11.3 Å². The summed E-state index contributed by atoms with van der Waals surface area (Å²) in [6.07, 6.45) is 0.547. The molecule has 0 fully saturated rings. The molecule has 0 bridgehead atoms. The Morgan fingerprint density at radius 2 is 2.40 bits per heavy atom. The second kappa shape index (κ2) is 5.72. The molecule has 4 nitrogen and oxygen atoms in total. The lowest BCUT2D eigenvalue weighted by atomic mass is 10.1. The molecule has 84 valence electrons. The van der Waals surface area contributed by atoms with Gasteiger partial charge < -0.3 is 16.3 Å². The Labute approximate surface area is 93.8 Å². The van der Waals surface area contributed by atoms with E-state index in [1.807, 2.05) is 6.92 Å². The van der Waals surface area contributed by atoms with Crippen molar-refractivity contribution in [3.05, 3.63) is 22.4 Å². The van der Waals surface area contributed by atoms with Crippen molar-refractivity contribution in [3.63, 3.8) is 0 Å². The van der Waals surface area contributed by atoms with Gasteiger partial charge in [-0.3, -0.25) is 0 Å². The maximum absolute atomic E-state index is 8.44. The summed E-state index contributed by atoms with van der Waals surface area (Å²) < 4.78 is 0. The molecule has 1 rings (SSSR count). The summed E-state index contributed by atoms with van der Waals surface area (Å²) in [6, 6.07) is 2.58. The fraction of sp³-hybridized carbons (Fsp3) is 0.500. The molecule has 0 aromatic carbocycles. The van der Waals surface area contributed by atoms with E-state index in [4.69, 9.17) is 10.9 Å². The second-order valence-corrected chi connectivity index (χ2v) is 4.42. The molecule has 1 aromatic heterocycles. The van der Waals surface area contributed by atoms with Gasteiger partial charge in [-0.25, -0.2) is 0 Å². The number of nitrogens with one attached hydrogen (secondary N) is 1. The van der Waals surface area contributed by atoms with Gasteiger partial charge in [0.15, 0.2) is 0 Å². The Balaban J connectivity index is 2.41. The Morgan fingerprint density at radius 1 is 1.67 bits per heavy atom. The first-order valence-corrected chi connectivity index (χ1v) is 5.82. The van der Waals surface area contributed by atoms with Crippen molar-refractivity contribution in [2.45, 2.75) is 32.4 Å². The molecule has 0 saturated heterocycles. The van der Waals surface area contributed by atoms with E-state index in [2.05, 4.69) is 34.2 Å². The van der Waals surface area contributed by atoms with Gasteiger partial charge in [0.05, 0.1) is 0 Å². The lowest BCUT2D eigenvalue weighted by Crippen LogP contribution is -2.32. The summed E-state index contributed by atoms with van der Waals surface area (Å²) >= 11 is 1.68. The molecule has 4 N–H and O–H groups in total. The number of amidine groups is 1. The van der Waals surface area contributed by atoms with Crippen molar-refractivity contribution in [3.8, 4) is 0 Å². The van der Waals surface area contributed by atoms with Gasteiger partial charge in [0.1, 0.15) is 5.84 Å². The van der Waals surface area contributed by atoms with Crippen LogP contribution < -0.4 is 11.1 Å². The molecular formula is C10H17N3OS. The van der Waals surface area contributed by atoms with Gasteiger partial charge in [-0.05, 0) is 36.2 Å². The number of rotatable bonds is 5. The highest BCUT2D eigenvalue weighted by Gasteiger charge is 2.10. The first kappa shape index (κ1) is 12.0. The molecule has 2 atom stereocenters. The third-order valence-electron chi connectivity index (χ3n) is 2.22. The van der Waals surface area contributed by atoms with Crippen LogP contribution in [0.15, 0.2) is 22.0 Å². The lowest BCUT2D eigenvalue weighted by molar-refractivity contribution is 0.315. The van der Waals surface area contributed by atoms with Crippen LogP contribution in [0.2, 0.25) is 0 Å². The molecular weight excluding hydrogens is 210 g/mol. The van der Waals surface area contributed by atoms with E-state index >= 15 is 0 Å². The first-order valence-electron chi connectivity index (χ1n) is 4.88. The zero-order chi connectivity index (χ0) is 11.3. The minimum Gasteiger partial charge on any atom is -0.409 e. The van der Waals surface area contributed by atoms with Gasteiger partial charge in [-0.1, -0.05) is 5.16 Å². The van der Waals surface area contributed by atoms with Crippen LogP contribution in [0, 0.1) is 0 Å². The summed E-state index contributed by atoms with van der Waals surface area (Å²) in [7, 11) is 0. The van der Waals surface area contributed by atoms with Gasteiger partial charge in [0.2, 0.25) is 0 Å². The molecule has 0 aliphatic heterocycles. The van der Waals surface area contributed by atoms with E-state index in [9.17, 15) is 0 Å². The molecule has 0 saturated carbocycles. The monoisotopic (exact) mass is 227 g/mol. The maximum atomic E-state index is 8.44. The molecule has 0 amide bonds. The molecule has 0 aliphatic carbocycles. The van der Waals surface area contributed by atoms with Crippen molar-refractivity contribution in [1.82, 2.24) is 5.32 Å². The second-order valence-electron chi connectivity index (χ2n) is 3.64. The number of hydrogen-bond acceptors (Lipinski definition) is 4. The minimum atomic E-state index is 0.191. The average molecular weight is 227 g/mol. The van der Waals surface area contributed by atoms with E-state index in [1.54, 1.807) is 11.3 Å². The van der Waals surface area contributed by atoms with Crippen LogP contribution in [0.3, 0.4) is 0 Å². The molecule has 2 unspecified atom stereocenters. The van der Waals surface area contributed by atoms with E-state index in [0.717, 1.165) is 0 Å². The lowest BCUT2D eigenvalue weighted by Gasteiger charge is -2.18. The summed E-state index contributed by atoms with van der Waals surface area (Å²) in [5.74, 6) is 0.257. The van der Waals surface area contributed by atoms with Crippen molar-refractivity contribution < 1.29 is 5.21 Å². The van der Waals surface area contributed by atoms with Crippen LogP contribution in [-0.2, 0) is 0 Å². The Morgan fingerprint density at radius 3 is 2.93 bits per heavy atom.